The van der Waals surface area contributed by atoms with Crippen molar-refractivity contribution in [2.75, 3.05) is 13.1 Å². The van der Waals surface area contributed by atoms with Crippen LogP contribution in [0.1, 0.15) is 44.7 Å². The Kier molecular flexibility index (Phi) is 3.29. The predicted octanol–water partition coefficient (Wildman–Crippen LogP) is 2.97. The fraction of sp³-hybridized carbons (Fsp3) is 0.643. The minimum Gasteiger partial charge on any atom is -0.299 e. The van der Waals surface area contributed by atoms with Gasteiger partial charge in [-0.25, -0.2) is 0 Å². The van der Waals surface area contributed by atoms with Gasteiger partial charge in [0.2, 0.25) is 0 Å². The Hall–Kier alpha value is -0.890. The van der Waals surface area contributed by atoms with Crippen molar-refractivity contribution < 1.29 is 0 Å². The van der Waals surface area contributed by atoms with Crippen LogP contribution in [0.5, 0.6) is 0 Å². The molecule has 0 amide bonds. The Morgan fingerprint density at radius 1 is 1.25 bits per heavy atom. The summed E-state index contributed by atoms with van der Waals surface area (Å²) in [6.45, 7) is 10.4. The molecule has 2 nitrogen and oxygen atoms in total. The van der Waals surface area contributed by atoms with Gasteiger partial charge >= 0.3 is 0 Å². The average molecular weight is 218 g/mol. The van der Waals surface area contributed by atoms with Crippen LogP contribution in [-0.4, -0.2) is 23.0 Å². The molecule has 0 spiro atoms. The van der Waals surface area contributed by atoms with Crippen molar-refractivity contribution in [1.29, 1.82) is 0 Å². The van der Waals surface area contributed by atoms with Crippen molar-refractivity contribution in [1.82, 2.24) is 9.88 Å². The maximum Gasteiger partial charge on any atom is 0.0308 e. The van der Waals surface area contributed by atoms with Crippen molar-refractivity contribution in [3.05, 3.63) is 29.6 Å². The van der Waals surface area contributed by atoms with Crippen LogP contribution >= 0.6 is 0 Å². The molecule has 1 aromatic rings. The van der Waals surface area contributed by atoms with Crippen LogP contribution in [0.15, 0.2) is 18.5 Å². The third-order valence-corrected chi connectivity index (χ3v) is 3.31. The highest BCUT2D eigenvalue weighted by molar-refractivity contribution is 5.29. The second-order valence-corrected chi connectivity index (χ2v) is 5.77. The first-order valence-electron chi connectivity index (χ1n) is 6.23. The Balaban J connectivity index is 2.19. The summed E-state index contributed by atoms with van der Waals surface area (Å²) in [5.74, 6) is 0. The fourth-order valence-corrected chi connectivity index (χ4v) is 2.42. The van der Waals surface area contributed by atoms with E-state index in [0.29, 0.717) is 0 Å². The molecule has 2 rings (SSSR count). The minimum absolute atomic E-state index is 0.198. The van der Waals surface area contributed by atoms with E-state index in [1.54, 1.807) is 0 Å². The standard InChI is InChI=1S/C14H22N2/c1-14(2,3)13-10-15-7-6-12(13)11-16-8-4-5-9-16/h6-7,10H,4-5,8-9,11H2,1-3H3. The Morgan fingerprint density at radius 3 is 2.56 bits per heavy atom. The van der Waals surface area contributed by atoms with Crippen molar-refractivity contribution in [2.24, 2.45) is 0 Å². The summed E-state index contributed by atoms with van der Waals surface area (Å²) in [6.07, 6.45) is 6.66. The molecule has 0 aliphatic carbocycles. The number of nitrogens with zero attached hydrogens (tertiary/aromatic N) is 2. The predicted molar refractivity (Wildman–Crippen MR) is 67.4 cm³/mol. The zero-order valence-electron chi connectivity index (χ0n) is 10.7. The van der Waals surface area contributed by atoms with E-state index >= 15 is 0 Å². The van der Waals surface area contributed by atoms with Gasteiger partial charge in [-0.05, 0) is 48.5 Å². The molecule has 16 heavy (non-hydrogen) atoms. The molecule has 1 aromatic heterocycles. The molecule has 0 bridgehead atoms. The largest absolute Gasteiger partial charge is 0.299 e. The van der Waals surface area contributed by atoms with Gasteiger partial charge in [-0.15, -0.1) is 0 Å². The molecule has 1 aliphatic rings. The zero-order valence-corrected chi connectivity index (χ0v) is 10.7. The van der Waals surface area contributed by atoms with Gasteiger partial charge < -0.3 is 0 Å². The summed E-state index contributed by atoms with van der Waals surface area (Å²) >= 11 is 0. The third kappa shape index (κ3) is 2.62. The van der Waals surface area contributed by atoms with Crippen LogP contribution in [0.25, 0.3) is 0 Å². The van der Waals surface area contributed by atoms with Crippen LogP contribution in [0, 0.1) is 0 Å². The number of hydrogen-bond acceptors (Lipinski definition) is 2. The Labute approximate surface area is 98.7 Å². The van der Waals surface area contributed by atoms with Crippen LogP contribution in [0.2, 0.25) is 0 Å². The highest BCUT2D eigenvalue weighted by atomic mass is 15.1. The highest BCUT2D eigenvalue weighted by Crippen LogP contribution is 2.26. The monoisotopic (exact) mass is 218 g/mol. The van der Waals surface area contributed by atoms with Gasteiger partial charge in [0.15, 0.2) is 0 Å². The number of pyridine rings is 1. The van der Waals surface area contributed by atoms with Crippen molar-refractivity contribution >= 4 is 0 Å². The van der Waals surface area contributed by atoms with E-state index in [1.807, 2.05) is 12.4 Å². The summed E-state index contributed by atoms with van der Waals surface area (Å²) in [7, 11) is 0. The Bertz CT molecular complexity index is 346. The van der Waals surface area contributed by atoms with E-state index in [2.05, 4.69) is 36.7 Å². The van der Waals surface area contributed by atoms with E-state index in [9.17, 15) is 0 Å². The molecule has 0 radical (unpaired) electrons. The van der Waals surface area contributed by atoms with Gasteiger partial charge in [0.1, 0.15) is 0 Å². The summed E-state index contributed by atoms with van der Waals surface area (Å²) < 4.78 is 0. The first-order valence-corrected chi connectivity index (χ1v) is 6.23. The van der Waals surface area contributed by atoms with Crippen molar-refractivity contribution in [3.63, 3.8) is 0 Å². The molecule has 0 aromatic carbocycles. The minimum atomic E-state index is 0.198. The van der Waals surface area contributed by atoms with Crippen LogP contribution in [0.3, 0.4) is 0 Å². The zero-order chi connectivity index (χ0) is 11.6. The van der Waals surface area contributed by atoms with E-state index in [-0.39, 0.29) is 5.41 Å². The van der Waals surface area contributed by atoms with Gasteiger partial charge in [0, 0.05) is 18.9 Å². The molecule has 0 N–H and O–H groups in total. The smallest absolute Gasteiger partial charge is 0.0308 e. The molecule has 0 unspecified atom stereocenters. The molecule has 0 saturated carbocycles. The van der Waals surface area contributed by atoms with Crippen molar-refractivity contribution in [3.8, 4) is 0 Å². The lowest BCUT2D eigenvalue weighted by molar-refractivity contribution is 0.328. The molecule has 2 heteroatoms. The normalized spacial score (nSPS) is 17.9. The summed E-state index contributed by atoms with van der Waals surface area (Å²) in [5, 5.41) is 0. The number of likely N-dealkylation sites (tertiary alicyclic amines) is 1. The summed E-state index contributed by atoms with van der Waals surface area (Å²) in [4.78, 5) is 6.81. The van der Waals surface area contributed by atoms with E-state index in [0.717, 1.165) is 6.54 Å². The topological polar surface area (TPSA) is 16.1 Å². The number of hydrogen-bond donors (Lipinski definition) is 0. The van der Waals surface area contributed by atoms with Gasteiger partial charge in [-0.3, -0.25) is 9.88 Å². The molecular formula is C14H22N2. The highest BCUT2D eigenvalue weighted by Gasteiger charge is 2.20. The Morgan fingerprint density at radius 2 is 1.94 bits per heavy atom. The molecule has 1 aliphatic heterocycles. The number of aromatic nitrogens is 1. The van der Waals surface area contributed by atoms with E-state index in [1.165, 1.54) is 37.1 Å². The average Bonchev–Trinajstić information content (AvgIpc) is 2.70. The molecule has 88 valence electrons. The lowest BCUT2D eigenvalue weighted by Crippen LogP contribution is -2.22. The van der Waals surface area contributed by atoms with Crippen molar-refractivity contribution in [2.45, 2.75) is 45.6 Å². The second-order valence-electron chi connectivity index (χ2n) is 5.77. The molecular weight excluding hydrogens is 196 g/mol. The first-order chi connectivity index (χ1) is 7.57. The van der Waals surface area contributed by atoms with Crippen LogP contribution < -0.4 is 0 Å². The number of rotatable bonds is 2. The van der Waals surface area contributed by atoms with Gasteiger partial charge in [0.25, 0.3) is 0 Å². The molecule has 1 fully saturated rings. The third-order valence-electron chi connectivity index (χ3n) is 3.31. The fourth-order valence-electron chi connectivity index (χ4n) is 2.42. The van der Waals surface area contributed by atoms with Crippen LogP contribution in [0.4, 0.5) is 0 Å². The van der Waals surface area contributed by atoms with Crippen LogP contribution in [-0.2, 0) is 12.0 Å². The quantitative estimate of drug-likeness (QED) is 0.758. The lowest BCUT2D eigenvalue weighted by atomic mass is 9.85. The SMILES string of the molecule is CC(C)(C)c1cnccc1CN1CCCC1. The summed E-state index contributed by atoms with van der Waals surface area (Å²) in [6, 6.07) is 2.18. The van der Waals surface area contributed by atoms with E-state index in [4.69, 9.17) is 0 Å². The molecule has 1 saturated heterocycles. The summed E-state index contributed by atoms with van der Waals surface area (Å²) in [5.41, 5.74) is 3.04. The maximum absolute atomic E-state index is 4.27. The first kappa shape index (κ1) is 11.6. The van der Waals surface area contributed by atoms with Gasteiger partial charge in [-0.2, -0.15) is 0 Å². The van der Waals surface area contributed by atoms with E-state index < -0.39 is 0 Å². The molecule has 2 heterocycles. The molecule has 0 atom stereocenters. The van der Waals surface area contributed by atoms with Gasteiger partial charge in [0.05, 0.1) is 0 Å². The second kappa shape index (κ2) is 4.54. The lowest BCUT2D eigenvalue weighted by Gasteiger charge is -2.24. The van der Waals surface area contributed by atoms with Gasteiger partial charge in [-0.1, -0.05) is 20.8 Å². The maximum atomic E-state index is 4.27.